The van der Waals surface area contributed by atoms with Crippen molar-refractivity contribution in [2.45, 2.75) is 114 Å². The Hall–Kier alpha value is -0.650. The van der Waals surface area contributed by atoms with Gasteiger partial charge in [0.05, 0.1) is 14.1 Å². The zero-order valence-electron chi connectivity index (χ0n) is 20.0. The summed E-state index contributed by atoms with van der Waals surface area (Å²) in [6.45, 7) is 0. The van der Waals surface area contributed by atoms with Gasteiger partial charge in [-0.1, -0.05) is 38.5 Å². The maximum absolute atomic E-state index is 13.0. The van der Waals surface area contributed by atoms with E-state index in [4.69, 9.17) is 11.6 Å². The van der Waals surface area contributed by atoms with Crippen LogP contribution < -0.4 is 10.9 Å². The first-order valence-corrected chi connectivity index (χ1v) is 13.4. The second-order valence-corrected chi connectivity index (χ2v) is 12.0. The maximum atomic E-state index is 13.0. The first-order valence-electron chi connectivity index (χ1n) is 13.0. The molecule has 1 amide bonds. The molecule has 3 fully saturated rings. The van der Waals surface area contributed by atoms with Crippen molar-refractivity contribution in [1.82, 2.24) is 10.9 Å². The first-order chi connectivity index (χ1) is 14.9. The molecule has 5 atom stereocenters. The van der Waals surface area contributed by atoms with Crippen LogP contribution in [0.3, 0.4) is 0 Å². The van der Waals surface area contributed by atoms with E-state index in [9.17, 15) is 4.79 Å². The molecule has 5 unspecified atom stereocenters. The third-order valence-electron chi connectivity index (χ3n) is 9.00. The molecular weight excluding hydrogens is 408 g/mol. The number of halogens is 1. The first kappa shape index (κ1) is 23.5. The van der Waals surface area contributed by atoms with Crippen LogP contribution in [0, 0.1) is 11.8 Å². The summed E-state index contributed by atoms with van der Waals surface area (Å²) >= 11 is 6.36. The molecule has 3 saturated carbocycles. The highest BCUT2D eigenvalue weighted by atomic mass is 35.5. The minimum absolute atomic E-state index is 0.0503. The molecule has 0 radical (unpaired) electrons. The monoisotopic (exact) mass is 452 g/mol. The molecule has 6 heteroatoms. The van der Waals surface area contributed by atoms with Gasteiger partial charge in [-0.2, -0.15) is 5.43 Å². The Balaban J connectivity index is 1.52. The van der Waals surface area contributed by atoms with E-state index in [1.54, 1.807) is 5.71 Å². The average Bonchev–Trinajstić information content (AvgIpc) is 2.77. The number of fused-ring (bicyclic) bond motifs is 1. The van der Waals surface area contributed by atoms with Crippen LogP contribution in [0.5, 0.6) is 0 Å². The Bertz CT molecular complexity index is 672. The Morgan fingerprint density at radius 1 is 1.03 bits per heavy atom. The summed E-state index contributed by atoms with van der Waals surface area (Å²) in [6, 6.07) is 0.979. The van der Waals surface area contributed by atoms with Crippen LogP contribution in [0.25, 0.3) is 0 Å². The van der Waals surface area contributed by atoms with E-state index in [1.165, 1.54) is 64.2 Å². The van der Waals surface area contributed by atoms with E-state index in [2.05, 4.69) is 36.6 Å². The number of carbonyl (C=O) groups is 1. The van der Waals surface area contributed by atoms with Gasteiger partial charge in [-0.15, -0.1) is 11.6 Å². The predicted molar refractivity (Wildman–Crippen MR) is 127 cm³/mol. The number of nitrogens with zero attached hydrogens (tertiary/aromatic N) is 2. The smallest absolute Gasteiger partial charge is 0.237 e. The molecule has 0 aromatic rings. The maximum Gasteiger partial charge on any atom is 0.237 e. The number of alkyl halides is 1. The van der Waals surface area contributed by atoms with E-state index >= 15 is 0 Å². The van der Waals surface area contributed by atoms with E-state index in [-0.39, 0.29) is 23.4 Å². The third kappa shape index (κ3) is 5.14. The second-order valence-electron chi connectivity index (χ2n) is 11.3. The van der Waals surface area contributed by atoms with E-state index < -0.39 is 0 Å². The molecule has 0 aromatic carbocycles. The number of hydrazine groups is 1. The van der Waals surface area contributed by atoms with Crippen molar-refractivity contribution in [3.05, 3.63) is 0 Å². The molecule has 176 valence electrons. The molecule has 4 rings (SSSR count). The van der Waals surface area contributed by atoms with Gasteiger partial charge in [0, 0.05) is 30.6 Å². The summed E-state index contributed by atoms with van der Waals surface area (Å²) in [4.78, 5) is 13.0. The highest BCUT2D eigenvalue weighted by molar-refractivity contribution is 6.20. The number of rotatable bonds is 5. The molecule has 1 heterocycles. The van der Waals surface area contributed by atoms with Gasteiger partial charge in [0.2, 0.25) is 23.8 Å². The molecule has 0 bridgehead atoms. The normalized spacial score (nSPS) is 36.7. The molecule has 4 aliphatic rings. The summed E-state index contributed by atoms with van der Waals surface area (Å²) in [7, 11) is 7.10. The van der Waals surface area contributed by atoms with Crippen molar-refractivity contribution >= 4 is 23.2 Å². The van der Waals surface area contributed by atoms with E-state index in [0.29, 0.717) is 12.1 Å². The number of quaternary nitrogens is 1. The van der Waals surface area contributed by atoms with E-state index in [0.717, 1.165) is 36.1 Å². The molecule has 0 spiro atoms. The lowest BCUT2D eigenvalue weighted by molar-refractivity contribution is -0.957. The molecule has 31 heavy (non-hydrogen) atoms. The van der Waals surface area contributed by atoms with Crippen molar-refractivity contribution in [3.8, 4) is 0 Å². The summed E-state index contributed by atoms with van der Waals surface area (Å²) in [5.41, 5.74) is 8.44. The molecule has 0 saturated heterocycles. The van der Waals surface area contributed by atoms with Gasteiger partial charge < -0.3 is 0 Å². The molecule has 1 aliphatic heterocycles. The summed E-state index contributed by atoms with van der Waals surface area (Å²) in [5, 5.41) is 0.149. The van der Waals surface area contributed by atoms with Crippen molar-refractivity contribution in [2.24, 2.45) is 11.8 Å². The predicted octanol–water partition coefficient (Wildman–Crippen LogP) is 4.19. The number of nitrogens with one attached hydrogen (secondary N) is 2. The number of carbonyl (C=O) groups excluding carboxylic acids is 1. The summed E-state index contributed by atoms with van der Waals surface area (Å²) < 4.78 is 3.56. The minimum atomic E-state index is 0.0503. The van der Waals surface area contributed by atoms with Crippen molar-refractivity contribution < 1.29 is 13.9 Å². The molecular formula is C25H45ClN4O+2. The second kappa shape index (κ2) is 10.1. The van der Waals surface area contributed by atoms with Crippen LogP contribution in [0.15, 0.2) is 0 Å². The lowest BCUT2D eigenvalue weighted by Crippen LogP contribution is -2.75. The van der Waals surface area contributed by atoms with Crippen LogP contribution in [0.2, 0.25) is 0 Å². The van der Waals surface area contributed by atoms with Gasteiger partial charge in [0.15, 0.2) is 6.04 Å². The molecule has 5 nitrogen and oxygen atoms in total. The van der Waals surface area contributed by atoms with Gasteiger partial charge in [-0.05, 0) is 38.0 Å². The third-order valence-corrected chi connectivity index (χ3v) is 9.40. The van der Waals surface area contributed by atoms with Crippen LogP contribution in [-0.4, -0.2) is 65.4 Å². The Labute approximate surface area is 194 Å². The summed E-state index contributed by atoms with van der Waals surface area (Å²) in [5.74, 6) is 1.01. The van der Waals surface area contributed by atoms with Gasteiger partial charge >= 0.3 is 0 Å². The van der Waals surface area contributed by atoms with Crippen LogP contribution >= 0.6 is 11.6 Å². The largest absolute Gasteiger partial charge is 0.296 e. The molecule has 0 aromatic heterocycles. The standard InChI is InChI=1S/C25H44ClN4O/c1-29-21-14-7-8-15-23(21)30(2,3)24(22(29)16-18-10-5-4-6-11-18)27-28-25(31)19-12-9-13-20(26)17-19/h18-20,22-24,27H,4-17H2,1-3H3/q+1/p+1. The summed E-state index contributed by atoms with van der Waals surface area (Å²) in [6.07, 6.45) is 17.4. The van der Waals surface area contributed by atoms with Crippen LogP contribution in [0.4, 0.5) is 0 Å². The molecule has 2 N–H and O–H groups in total. The topological polar surface area (TPSA) is 44.1 Å². The van der Waals surface area contributed by atoms with Gasteiger partial charge in [0.1, 0.15) is 7.05 Å². The lowest BCUT2D eigenvalue weighted by atomic mass is 9.81. The van der Waals surface area contributed by atoms with Crippen molar-refractivity contribution in [1.29, 1.82) is 0 Å². The highest BCUT2D eigenvalue weighted by Gasteiger charge is 2.55. The van der Waals surface area contributed by atoms with Gasteiger partial charge in [-0.25, -0.2) is 4.58 Å². The number of amides is 1. The van der Waals surface area contributed by atoms with Crippen molar-refractivity contribution in [3.63, 3.8) is 0 Å². The lowest BCUT2D eigenvalue weighted by Gasteiger charge is -2.50. The Kier molecular flexibility index (Phi) is 7.65. The fraction of sp³-hybridized carbons (Fsp3) is 0.920. The van der Waals surface area contributed by atoms with Crippen molar-refractivity contribution in [2.75, 3.05) is 21.1 Å². The number of hydrogen-bond acceptors (Lipinski definition) is 2. The van der Waals surface area contributed by atoms with Gasteiger partial charge in [-0.3, -0.25) is 14.7 Å². The number of hydrogen-bond donors (Lipinski definition) is 2. The quantitative estimate of drug-likeness (QED) is 0.284. The average molecular weight is 453 g/mol. The van der Waals surface area contributed by atoms with Gasteiger partial charge in [0.25, 0.3) is 0 Å². The highest BCUT2D eigenvalue weighted by Crippen LogP contribution is 2.36. The van der Waals surface area contributed by atoms with E-state index in [1.807, 2.05) is 0 Å². The fourth-order valence-electron chi connectivity index (χ4n) is 7.10. The minimum Gasteiger partial charge on any atom is -0.296 e. The van der Waals surface area contributed by atoms with Crippen LogP contribution in [-0.2, 0) is 4.79 Å². The Morgan fingerprint density at radius 3 is 2.52 bits per heavy atom. The SMILES string of the molecule is C[N+]1=C2CCCCC2[N+](C)(C)C(NNC(=O)C2CCCC(Cl)C2)C1CC1CCCCC1. The fourth-order valence-corrected chi connectivity index (χ4v) is 7.47. The Morgan fingerprint density at radius 2 is 1.77 bits per heavy atom. The number of likely N-dealkylation sites (N-methyl/N-ethyl adjacent to an activating group) is 2. The molecule has 3 aliphatic carbocycles. The zero-order chi connectivity index (χ0) is 22.0. The zero-order valence-corrected chi connectivity index (χ0v) is 20.8. The van der Waals surface area contributed by atoms with Crippen LogP contribution in [0.1, 0.15) is 89.9 Å².